The van der Waals surface area contributed by atoms with Crippen LogP contribution in [0.2, 0.25) is 0 Å². The molecule has 0 saturated carbocycles. The smallest absolute Gasteiger partial charge is 0.0161 e. The first-order valence-corrected chi connectivity index (χ1v) is 5.57. The number of hydrogen-bond donors (Lipinski definition) is 0. The normalized spacial score (nSPS) is 9.41. The van der Waals surface area contributed by atoms with Gasteiger partial charge in [-0.05, 0) is 15.6 Å². The Kier molecular flexibility index (Phi) is 6.09. The summed E-state index contributed by atoms with van der Waals surface area (Å²) in [6.07, 6.45) is 1.81. The summed E-state index contributed by atoms with van der Waals surface area (Å²) < 4.78 is 1.26. The fraction of sp³-hybridized carbons (Fsp3) is 0. The fourth-order valence-electron chi connectivity index (χ4n) is 1.53. The Hall–Kier alpha value is 0.0573. The number of rotatable bonds is 1. The van der Waals surface area contributed by atoms with E-state index in [0.29, 0.717) is 0 Å². The molecule has 0 unspecified atom stereocenters. The van der Waals surface area contributed by atoms with Crippen LogP contribution in [0.3, 0.4) is 0 Å². The molecule has 0 atom stereocenters. The Morgan fingerprint density at radius 2 is 1.76 bits per heavy atom. The van der Waals surface area contributed by atoms with E-state index in [-0.39, 0.29) is 52.2 Å². The standard InChI is InChI=1S/C13H8NS.Y.Zn/c1-2-7-12-10(5-1)9-13(15-12)11-6-3-4-8-14-11;;/h1-8H;;/q-1;;. The Morgan fingerprint density at radius 3 is 2.47 bits per heavy atom. The molecule has 1 aromatic carbocycles. The molecule has 4 heteroatoms. The van der Waals surface area contributed by atoms with Crippen molar-refractivity contribution >= 4 is 21.4 Å². The summed E-state index contributed by atoms with van der Waals surface area (Å²) in [5, 5.41) is 1.17. The molecule has 0 fully saturated rings. The summed E-state index contributed by atoms with van der Waals surface area (Å²) in [4.78, 5) is 5.43. The van der Waals surface area contributed by atoms with Gasteiger partial charge in [0.15, 0.2) is 0 Å². The predicted octanol–water partition coefficient (Wildman–Crippen LogP) is 3.76. The first kappa shape index (κ1) is 15.1. The van der Waals surface area contributed by atoms with Crippen LogP contribution in [0, 0.1) is 6.07 Å². The summed E-state index contributed by atoms with van der Waals surface area (Å²) >= 11 is 1.73. The van der Waals surface area contributed by atoms with E-state index in [4.69, 9.17) is 0 Å². The SMILES string of the molecule is [Y].[Zn].[c-]1c(-c2ccccn2)sc2ccccc12. The zero-order valence-corrected chi connectivity index (χ0v) is 15.9. The molecule has 0 bridgehead atoms. The van der Waals surface area contributed by atoms with Crippen molar-refractivity contribution in [2.24, 2.45) is 0 Å². The monoisotopic (exact) mass is 363 g/mol. The van der Waals surface area contributed by atoms with E-state index in [2.05, 4.69) is 29.2 Å². The van der Waals surface area contributed by atoms with Gasteiger partial charge in [-0.1, -0.05) is 24.3 Å². The Morgan fingerprint density at radius 1 is 1.00 bits per heavy atom. The summed E-state index contributed by atoms with van der Waals surface area (Å²) in [7, 11) is 0. The topological polar surface area (TPSA) is 12.9 Å². The van der Waals surface area contributed by atoms with Gasteiger partial charge in [-0.25, -0.2) is 11.3 Å². The second kappa shape index (κ2) is 6.85. The van der Waals surface area contributed by atoms with Gasteiger partial charge in [0.2, 0.25) is 0 Å². The molecule has 1 nitrogen and oxygen atoms in total. The van der Waals surface area contributed by atoms with Crippen LogP contribution in [0.15, 0.2) is 48.7 Å². The van der Waals surface area contributed by atoms with E-state index in [1.54, 1.807) is 11.3 Å². The molecular weight excluding hydrogens is 357 g/mol. The molecule has 3 aromatic rings. The minimum atomic E-state index is 0. The minimum absolute atomic E-state index is 0. The van der Waals surface area contributed by atoms with Crippen LogP contribution in [-0.4, -0.2) is 4.98 Å². The van der Waals surface area contributed by atoms with Crippen molar-refractivity contribution in [3.8, 4) is 10.6 Å². The maximum atomic E-state index is 4.32. The average molecular weight is 365 g/mol. The Balaban J connectivity index is 0.000000722. The molecule has 17 heavy (non-hydrogen) atoms. The molecule has 0 aliphatic carbocycles. The first-order valence-electron chi connectivity index (χ1n) is 4.76. The maximum absolute atomic E-state index is 4.32. The zero-order valence-electron chi connectivity index (χ0n) is 9.26. The second-order valence-electron chi connectivity index (χ2n) is 3.27. The first-order chi connectivity index (χ1) is 7.43. The number of nitrogens with zero attached hydrogens (tertiary/aromatic N) is 1. The van der Waals surface area contributed by atoms with Crippen LogP contribution >= 0.6 is 11.3 Å². The summed E-state index contributed by atoms with van der Waals surface area (Å²) in [5.74, 6) is 0. The third-order valence-corrected chi connectivity index (χ3v) is 3.34. The quantitative estimate of drug-likeness (QED) is 0.473. The van der Waals surface area contributed by atoms with E-state index >= 15 is 0 Å². The molecule has 2 aromatic heterocycles. The van der Waals surface area contributed by atoms with Gasteiger partial charge in [-0.2, -0.15) is 0 Å². The molecule has 0 amide bonds. The third kappa shape index (κ3) is 3.29. The number of hydrogen-bond acceptors (Lipinski definition) is 2. The largest absolute Gasteiger partial charge is 0.303 e. The van der Waals surface area contributed by atoms with Crippen molar-refractivity contribution in [2.75, 3.05) is 0 Å². The van der Waals surface area contributed by atoms with Crippen LogP contribution in [0.5, 0.6) is 0 Å². The van der Waals surface area contributed by atoms with Gasteiger partial charge in [0.05, 0.1) is 0 Å². The second-order valence-corrected chi connectivity index (χ2v) is 4.32. The van der Waals surface area contributed by atoms with E-state index in [1.165, 1.54) is 10.1 Å². The van der Waals surface area contributed by atoms with Crippen molar-refractivity contribution < 1.29 is 52.2 Å². The number of fused-ring (bicyclic) bond motifs is 1. The number of benzene rings is 1. The molecular formula is C13H8NSYZn-. The van der Waals surface area contributed by atoms with Crippen LogP contribution in [0.4, 0.5) is 0 Å². The van der Waals surface area contributed by atoms with E-state index in [1.807, 2.05) is 30.5 Å². The molecule has 2 heterocycles. The van der Waals surface area contributed by atoms with Crippen molar-refractivity contribution in [1.29, 1.82) is 0 Å². The van der Waals surface area contributed by atoms with Crippen LogP contribution in [0.25, 0.3) is 20.7 Å². The van der Waals surface area contributed by atoms with Crippen LogP contribution in [0.1, 0.15) is 0 Å². The Bertz CT molecular complexity index is 561. The summed E-state index contributed by atoms with van der Waals surface area (Å²) in [6, 6.07) is 17.6. The fourth-order valence-corrected chi connectivity index (χ4v) is 2.51. The van der Waals surface area contributed by atoms with E-state index < -0.39 is 0 Å². The summed E-state index contributed by atoms with van der Waals surface area (Å²) in [5.41, 5.74) is 0.999. The van der Waals surface area contributed by atoms with Crippen LogP contribution in [-0.2, 0) is 52.2 Å². The number of thiophene rings is 1. The molecule has 3 rings (SSSR count). The molecule has 0 aliphatic rings. The van der Waals surface area contributed by atoms with Gasteiger partial charge < -0.3 is 4.98 Å². The van der Waals surface area contributed by atoms with Crippen molar-refractivity contribution in [3.63, 3.8) is 0 Å². The van der Waals surface area contributed by atoms with E-state index in [0.717, 1.165) is 10.6 Å². The van der Waals surface area contributed by atoms with Crippen LogP contribution < -0.4 is 0 Å². The van der Waals surface area contributed by atoms with Gasteiger partial charge in [0, 0.05) is 64.1 Å². The molecule has 0 aliphatic heterocycles. The zero-order chi connectivity index (χ0) is 10.1. The molecule has 0 saturated heterocycles. The Labute approximate surface area is 142 Å². The van der Waals surface area contributed by atoms with Crippen molar-refractivity contribution in [1.82, 2.24) is 4.98 Å². The van der Waals surface area contributed by atoms with Gasteiger partial charge in [0.1, 0.15) is 0 Å². The number of aromatic nitrogens is 1. The van der Waals surface area contributed by atoms with Gasteiger partial charge in [-0.15, -0.1) is 23.6 Å². The predicted molar refractivity (Wildman–Crippen MR) is 63.9 cm³/mol. The van der Waals surface area contributed by atoms with Gasteiger partial charge >= 0.3 is 0 Å². The molecule has 0 spiro atoms. The van der Waals surface area contributed by atoms with Crippen molar-refractivity contribution in [2.45, 2.75) is 0 Å². The van der Waals surface area contributed by atoms with E-state index in [9.17, 15) is 0 Å². The summed E-state index contributed by atoms with van der Waals surface area (Å²) in [6.45, 7) is 0. The molecule has 77 valence electrons. The van der Waals surface area contributed by atoms with Crippen molar-refractivity contribution in [3.05, 3.63) is 54.7 Å². The number of pyridine rings is 1. The minimum Gasteiger partial charge on any atom is -0.303 e. The van der Waals surface area contributed by atoms with Gasteiger partial charge in [0.25, 0.3) is 0 Å². The molecule has 0 N–H and O–H groups in total. The third-order valence-electron chi connectivity index (χ3n) is 2.24. The molecule has 1 radical (unpaired) electrons. The maximum Gasteiger partial charge on any atom is 0.0161 e. The average Bonchev–Trinajstić information content (AvgIpc) is 2.74. The van der Waals surface area contributed by atoms with Gasteiger partial charge in [-0.3, -0.25) is 0 Å².